The second-order valence-electron chi connectivity index (χ2n) is 5.51. The van der Waals surface area contributed by atoms with Crippen LogP contribution in [0.15, 0.2) is 35.5 Å². The molecule has 17 heavy (non-hydrogen) atoms. The van der Waals surface area contributed by atoms with Crippen LogP contribution in [-0.4, -0.2) is 12.7 Å². The highest BCUT2D eigenvalue weighted by atomic mass is 16.6. The summed E-state index contributed by atoms with van der Waals surface area (Å²) < 4.78 is 5.37. The van der Waals surface area contributed by atoms with E-state index in [-0.39, 0.29) is 0 Å². The molecule has 0 unspecified atom stereocenters. The van der Waals surface area contributed by atoms with E-state index in [1.165, 1.54) is 42.4 Å². The summed E-state index contributed by atoms with van der Waals surface area (Å²) >= 11 is 0. The maximum Gasteiger partial charge on any atom is 0.102 e. The normalized spacial score (nSPS) is 36.4. The fourth-order valence-corrected chi connectivity index (χ4v) is 2.48. The van der Waals surface area contributed by atoms with Gasteiger partial charge in [0.15, 0.2) is 0 Å². The van der Waals surface area contributed by atoms with Crippen LogP contribution in [-0.2, 0) is 4.74 Å². The number of ether oxygens (including phenoxy) is 1. The Balaban J connectivity index is 2.03. The molecule has 2 atom stereocenters. The Morgan fingerprint density at radius 1 is 1.24 bits per heavy atom. The molecule has 94 valence electrons. The Morgan fingerprint density at radius 2 is 1.94 bits per heavy atom. The van der Waals surface area contributed by atoms with Crippen LogP contribution in [0.3, 0.4) is 0 Å². The van der Waals surface area contributed by atoms with E-state index < -0.39 is 0 Å². The van der Waals surface area contributed by atoms with Crippen LogP contribution in [0.5, 0.6) is 0 Å². The van der Waals surface area contributed by atoms with Crippen LogP contribution in [0, 0.1) is 5.92 Å². The molecule has 1 saturated heterocycles. The summed E-state index contributed by atoms with van der Waals surface area (Å²) in [6.45, 7) is 9.65. The minimum Gasteiger partial charge on any atom is -0.368 e. The average Bonchev–Trinajstić information content (AvgIpc) is 3.12. The Hall–Kier alpha value is -0.820. The molecule has 1 fully saturated rings. The van der Waals surface area contributed by atoms with Crippen molar-refractivity contribution in [3.8, 4) is 0 Å². The van der Waals surface area contributed by atoms with E-state index in [2.05, 4.69) is 32.6 Å². The van der Waals surface area contributed by atoms with E-state index >= 15 is 0 Å². The van der Waals surface area contributed by atoms with Gasteiger partial charge in [-0.15, -0.1) is 0 Å². The van der Waals surface area contributed by atoms with Gasteiger partial charge in [-0.3, -0.25) is 0 Å². The van der Waals surface area contributed by atoms with Crippen molar-refractivity contribution in [2.24, 2.45) is 5.92 Å². The van der Waals surface area contributed by atoms with Gasteiger partial charge in [0.05, 0.1) is 6.61 Å². The largest absolute Gasteiger partial charge is 0.368 e. The molecule has 0 saturated carbocycles. The van der Waals surface area contributed by atoms with Gasteiger partial charge in [0.1, 0.15) is 6.10 Å². The molecule has 1 aliphatic heterocycles. The smallest absolute Gasteiger partial charge is 0.102 e. The quantitative estimate of drug-likeness (QED) is 0.507. The molecule has 2 rings (SSSR count). The van der Waals surface area contributed by atoms with Gasteiger partial charge < -0.3 is 4.74 Å². The Labute approximate surface area is 105 Å². The molecule has 1 nitrogen and oxygen atoms in total. The van der Waals surface area contributed by atoms with Crippen molar-refractivity contribution in [2.75, 3.05) is 6.61 Å². The topological polar surface area (TPSA) is 12.5 Å². The molecular formula is C16H24O. The molecular weight excluding hydrogens is 208 g/mol. The highest BCUT2D eigenvalue weighted by Crippen LogP contribution is 2.32. The summed E-state index contributed by atoms with van der Waals surface area (Å²) in [5, 5.41) is 0. The van der Waals surface area contributed by atoms with Crippen molar-refractivity contribution < 1.29 is 4.74 Å². The first kappa shape index (κ1) is 12.6. The van der Waals surface area contributed by atoms with Crippen molar-refractivity contribution in [1.29, 1.82) is 0 Å². The fraction of sp³-hybridized carbons (Fsp3) is 0.625. The maximum absolute atomic E-state index is 5.37. The Morgan fingerprint density at radius 3 is 2.65 bits per heavy atom. The minimum atomic E-state index is 0.362. The monoisotopic (exact) mass is 232 g/mol. The van der Waals surface area contributed by atoms with Gasteiger partial charge in [0.25, 0.3) is 0 Å². The lowest BCUT2D eigenvalue weighted by atomic mass is 9.87. The molecule has 0 spiro atoms. The second kappa shape index (κ2) is 5.68. The van der Waals surface area contributed by atoms with Gasteiger partial charge in [-0.2, -0.15) is 0 Å². The van der Waals surface area contributed by atoms with Crippen LogP contribution in [0.25, 0.3) is 0 Å². The van der Waals surface area contributed by atoms with Gasteiger partial charge in [-0.05, 0) is 57.4 Å². The van der Waals surface area contributed by atoms with Crippen molar-refractivity contribution >= 4 is 0 Å². The zero-order chi connectivity index (χ0) is 12.3. The Kier molecular flexibility index (Phi) is 4.22. The van der Waals surface area contributed by atoms with Crippen molar-refractivity contribution in [3.05, 3.63) is 35.5 Å². The van der Waals surface area contributed by atoms with Crippen LogP contribution in [0.2, 0.25) is 0 Å². The summed E-state index contributed by atoms with van der Waals surface area (Å²) in [5.74, 6) is 0.610. The molecule has 1 heteroatoms. The van der Waals surface area contributed by atoms with Crippen molar-refractivity contribution in [2.45, 2.75) is 52.1 Å². The Bertz CT molecular complexity index is 345. The first-order chi connectivity index (χ1) is 8.16. The lowest BCUT2D eigenvalue weighted by molar-refractivity contribution is 0.406. The molecule has 0 amide bonds. The van der Waals surface area contributed by atoms with Crippen LogP contribution >= 0.6 is 0 Å². The third kappa shape index (κ3) is 3.85. The number of rotatable bonds is 2. The first-order valence-electron chi connectivity index (χ1n) is 6.78. The summed E-state index contributed by atoms with van der Waals surface area (Å²) in [7, 11) is 0. The molecule has 0 radical (unpaired) electrons. The average molecular weight is 232 g/mol. The van der Waals surface area contributed by atoms with Crippen LogP contribution < -0.4 is 0 Å². The summed E-state index contributed by atoms with van der Waals surface area (Å²) in [6, 6.07) is 0. The minimum absolute atomic E-state index is 0.362. The lowest BCUT2D eigenvalue weighted by Gasteiger charge is -2.18. The van der Waals surface area contributed by atoms with E-state index in [0.717, 1.165) is 13.0 Å². The van der Waals surface area contributed by atoms with Gasteiger partial charge in [-0.25, -0.2) is 0 Å². The molecule has 1 heterocycles. The predicted octanol–water partition coefficient (Wildman–Crippen LogP) is 4.41. The maximum atomic E-state index is 5.37. The van der Waals surface area contributed by atoms with E-state index in [0.29, 0.717) is 12.0 Å². The van der Waals surface area contributed by atoms with Gasteiger partial charge in [-0.1, -0.05) is 29.9 Å². The highest BCUT2D eigenvalue weighted by molar-refractivity contribution is 5.16. The number of allylic oxidation sites excluding steroid dienone is 4. The van der Waals surface area contributed by atoms with E-state index in [4.69, 9.17) is 4.74 Å². The van der Waals surface area contributed by atoms with E-state index in [9.17, 15) is 0 Å². The van der Waals surface area contributed by atoms with Gasteiger partial charge in [0.2, 0.25) is 0 Å². The summed E-state index contributed by atoms with van der Waals surface area (Å²) in [5.41, 5.74) is 4.38. The third-order valence-corrected chi connectivity index (χ3v) is 3.94. The third-order valence-electron chi connectivity index (χ3n) is 3.94. The molecule has 0 aromatic heterocycles. The van der Waals surface area contributed by atoms with Gasteiger partial charge in [0, 0.05) is 0 Å². The van der Waals surface area contributed by atoms with Crippen LogP contribution in [0.4, 0.5) is 0 Å². The molecule has 0 N–H and O–H groups in total. The molecule has 0 bridgehead atoms. The van der Waals surface area contributed by atoms with Crippen molar-refractivity contribution in [3.63, 3.8) is 0 Å². The summed E-state index contributed by atoms with van der Waals surface area (Å²) in [4.78, 5) is 0. The number of hydrogen-bond acceptors (Lipinski definition) is 1. The van der Waals surface area contributed by atoms with E-state index in [1.807, 2.05) is 0 Å². The second-order valence-corrected chi connectivity index (χ2v) is 5.51. The van der Waals surface area contributed by atoms with Crippen molar-refractivity contribution in [1.82, 2.24) is 0 Å². The van der Waals surface area contributed by atoms with E-state index in [1.54, 1.807) is 0 Å². The zero-order valence-corrected chi connectivity index (χ0v) is 11.2. The van der Waals surface area contributed by atoms with Crippen LogP contribution in [0.1, 0.15) is 46.0 Å². The predicted molar refractivity (Wildman–Crippen MR) is 73.0 cm³/mol. The van der Waals surface area contributed by atoms with Gasteiger partial charge >= 0.3 is 0 Å². The highest BCUT2D eigenvalue weighted by Gasteiger charge is 2.30. The standard InChI is InChI=1S/C16H24O/c1-12-5-4-6-13(2)8-10-15(9-7-12)14(3)16-11-17-16/h5,8,15-16H,3-4,6-7,9-11H2,1-2H3/b12-5+,13-8+/t15-,16-/m1/s1. The summed E-state index contributed by atoms with van der Waals surface area (Å²) in [6.07, 6.45) is 11.2. The SMILES string of the molecule is C=C([C@H]1C/C=C(\C)CC/C=C(\C)CC1)[C@H]1CO1. The molecule has 1 aliphatic carbocycles. The first-order valence-corrected chi connectivity index (χ1v) is 6.78. The molecule has 2 aliphatic rings. The number of hydrogen-bond donors (Lipinski definition) is 0. The molecule has 0 aromatic rings. The lowest BCUT2D eigenvalue weighted by Crippen LogP contribution is -2.08. The number of epoxide rings is 1. The molecule has 0 aromatic carbocycles. The zero-order valence-electron chi connectivity index (χ0n) is 11.2. The fourth-order valence-electron chi connectivity index (χ4n) is 2.48.